The third-order valence-corrected chi connectivity index (χ3v) is 9.06. The van der Waals surface area contributed by atoms with Crippen molar-refractivity contribution in [1.29, 1.82) is 0 Å². The van der Waals surface area contributed by atoms with Crippen LogP contribution in [0.15, 0.2) is 42.5 Å². The quantitative estimate of drug-likeness (QED) is 0.451. The van der Waals surface area contributed by atoms with Crippen molar-refractivity contribution in [2.75, 3.05) is 29.8 Å². The number of rotatable bonds is 11. The van der Waals surface area contributed by atoms with Gasteiger partial charge >= 0.3 is 0 Å². The Labute approximate surface area is 231 Å². The number of anilines is 1. The molecule has 39 heavy (non-hydrogen) atoms. The molecule has 2 aliphatic rings. The number of nitrogens with zero attached hydrogens (tertiary/aromatic N) is 2. The highest BCUT2D eigenvalue weighted by atomic mass is 32.2. The molecule has 1 N–H and O–H groups in total. The number of aryl methyl sites for hydroxylation is 1. The molecule has 9 nitrogen and oxygen atoms in total. The topological polar surface area (TPSA) is 105 Å². The van der Waals surface area contributed by atoms with Crippen LogP contribution < -0.4 is 19.1 Å². The number of hydrogen-bond donors (Lipinski definition) is 1. The maximum atomic E-state index is 14.0. The second-order valence-electron chi connectivity index (χ2n) is 10.2. The van der Waals surface area contributed by atoms with E-state index in [0.717, 1.165) is 41.1 Å². The fraction of sp³-hybridized carbons (Fsp3) is 0.517. The van der Waals surface area contributed by atoms with E-state index in [2.05, 4.69) is 5.32 Å². The standard InChI is InChI=1S/C29H39N3O6S/c1-4-25(29(34)30-23-11-6-7-12-23)31(19-22-10-8-9-21(3)17-22)28(33)20-32(39(35,36)5-2)24-13-14-26-27(18-24)38-16-15-37-26/h8-10,13-14,17-18,23,25H,4-7,11-12,15-16,19-20H2,1-3H3,(H,30,34). The lowest BCUT2D eigenvalue weighted by molar-refractivity contribution is -0.140. The first-order chi connectivity index (χ1) is 18.7. The Morgan fingerprint density at radius 3 is 2.41 bits per heavy atom. The number of sulfonamides is 1. The Kier molecular flexibility index (Phi) is 9.37. The van der Waals surface area contributed by atoms with Crippen LogP contribution in [0.4, 0.5) is 5.69 Å². The van der Waals surface area contributed by atoms with Crippen molar-refractivity contribution in [3.05, 3.63) is 53.6 Å². The van der Waals surface area contributed by atoms with E-state index in [9.17, 15) is 18.0 Å². The van der Waals surface area contributed by atoms with Crippen LogP contribution in [-0.4, -0.2) is 62.7 Å². The molecule has 10 heteroatoms. The van der Waals surface area contributed by atoms with Gasteiger partial charge in [0, 0.05) is 18.7 Å². The van der Waals surface area contributed by atoms with Gasteiger partial charge in [-0.05, 0) is 50.8 Å². The van der Waals surface area contributed by atoms with Crippen LogP contribution in [0.2, 0.25) is 0 Å². The van der Waals surface area contributed by atoms with E-state index in [1.807, 2.05) is 38.1 Å². The maximum Gasteiger partial charge on any atom is 0.244 e. The van der Waals surface area contributed by atoms with E-state index < -0.39 is 28.5 Å². The minimum atomic E-state index is -3.83. The Hall–Kier alpha value is -3.27. The molecule has 1 saturated carbocycles. The molecule has 0 aromatic heterocycles. The van der Waals surface area contributed by atoms with Gasteiger partial charge < -0.3 is 19.7 Å². The predicted octanol–water partition coefficient (Wildman–Crippen LogP) is 3.79. The molecule has 4 rings (SSSR count). The monoisotopic (exact) mass is 557 g/mol. The first kappa shape index (κ1) is 28.7. The van der Waals surface area contributed by atoms with Gasteiger partial charge in [-0.3, -0.25) is 13.9 Å². The molecule has 1 aliphatic carbocycles. The van der Waals surface area contributed by atoms with E-state index in [4.69, 9.17) is 9.47 Å². The number of carbonyl (C=O) groups is 2. The van der Waals surface area contributed by atoms with Crippen LogP contribution in [0.3, 0.4) is 0 Å². The number of ether oxygens (including phenoxy) is 2. The van der Waals surface area contributed by atoms with Gasteiger partial charge in [0.25, 0.3) is 0 Å². The molecule has 0 radical (unpaired) electrons. The average Bonchev–Trinajstić information content (AvgIpc) is 3.44. The summed E-state index contributed by atoms with van der Waals surface area (Å²) in [7, 11) is -3.83. The fourth-order valence-corrected chi connectivity index (χ4v) is 6.25. The number of amides is 2. The highest BCUT2D eigenvalue weighted by Gasteiger charge is 2.34. The van der Waals surface area contributed by atoms with Crippen molar-refractivity contribution in [2.24, 2.45) is 0 Å². The zero-order valence-electron chi connectivity index (χ0n) is 23.0. The molecule has 2 aromatic rings. The summed E-state index contributed by atoms with van der Waals surface area (Å²) in [4.78, 5) is 29.0. The Bertz CT molecular complexity index is 1280. The highest BCUT2D eigenvalue weighted by Crippen LogP contribution is 2.35. The van der Waals surface area contributed by atoms with Crippen LogP contribution in [0, 0.1) is 6.92 Å². The Morgan fingerprint density at radius 1 is 1.03 bits per heavy atom. The fourth-order valence-electron chi connectivity index (χ4n) is 5.20. The number of nitrogens with one attached hydrogen (secondary N) is 1. The summed E-state index contributed by atoms with van der Waals surface area (Å²) in [5.41, 5.74) is 2.22. The van der Waals surface area contributed by atoms with Gasteiger partial charge in [-0.2, -0.15) is 0 Å². The first-order valence-corrected chi connectivity index (χ1v) is 15.4. The molecular weight excluding hydrogens is 518 g/mol. The van der Waals surface area contributed by atoms with Crippen molar-refractivity contribution >= 4 is 27.5 Å². The van der Waals surface area contributed by atoms with E-state index in [0.29, 0.717) is 36.8 Å². The van der Waals surface area contributed by atoms with Crippen LogP contribution in [0.25, 0.3) is 0 Å². The molecule has 1 heterocycles. The minimum absolute atomic E-state index is 0.108. The van der Waals surface area contributed by atoms with Gasteiger partial charge in [0.05, 0.1) is 11.4 Å². The van der Waals surface area contributed by atoms with Gasteiger partial charge in [-0.1, -0.05) is 49.6 Å². The molecule has 2 aromatic carbocycles. The average molecular weight is 558 g/mol. The Balaban J connectivity index is 1.65. The summed E-state index contributed by atoms with van der Waals surface area (Å²) in [5.74, 6) is 0.125. The van der Waals surface area contributed by atoms with Gasteiger partial charge in [-0.15, -0.1) is 0 Å². The first-order valence-electron chi connectivity index (χ1n) is 13.8. The summed E-state index contributed by atoms with van der Waals surface area (Å²) >= 11 is 0. The lowest BCUT2D eigenvalue weighted by atomic mass is 10.1. The normalized spacial score (nSPS) is 16.0. The SMILES string of the molecule is CCC(C(=O)NC1CCCC1)N(Cc1cccc(C)c1)C(=O)CN(c1ccc2c(c1)OCCO2)S(=O)(=O)CC. The zero-order chi connectivity index (χ0) is 28.0. The summed E-state index contributed by atoms with van der Waals surface area (Å²) in [6.07, 6.45) is 4.42. The van der Waals surface area contributed by atoms with E-state index in [1.165, 1.54) is 4.90 Å². The largest absolute Gasteiger partial charge is 0.486 e. The smallest absolute Gasteiger partial charge is 0.244 e. The van der Waals surface area contributed by atoms with Gasteiger partial charge in [-0.25, -0.2) is 8.42 Å². The van der Waals surface area contributed by atoms with Gasteiger partial charge in [0.15, 0.2) is 11.5 Å². The maximum absolute atomic E-state index is 14.0. The molecule has 212 valence electrons. The van der Waals surface area contributed by atoms with Crippen molar-refractivity contribution in [1.82, 2.24) is 10.2 Å². The number of hydrogen-bond acceptors (Lipinski definition) is 6. The van der Waals surface area contributed by atoms with Crippen molar-refractivity contribution in [3.8, 4) is 11.5 Å². The third-order valence-electron chi connectivity index (χ3n) is 7.32. The molecule has 1 aliphatic heterocycles. The summed E-state index contributed by atoms with van der Waals surface area (Å²) in [6, 6.07) is 12.0. The molecule has 0 spiro atoms. The minimum Gasteiger partial charge on any atom is -0.486 e. The number of benzene rings is 2. The molecule has 0 bridgehead atoms. The predicted molar refractivity (Wildman–Crippen MR) is 150 cm³/mol. The van der Waals surface area contributed by atoms with Crippen molar-refractivity contribution in [3.63, 3.8) is 0 Å². The molecule has 2 amide bonds. The molecule has 1 unspecified atom stereocenters. The van der Waals surface area contributed by atoms with Crippen LogP contribution in [0.1, 0.15) is 57.1 Å². The number of fused-ring (bicyclic) bond motifs is 1. The van der Waals surface area contributed by atoms with Crippen LogP contribution in [-0.2, 0) is 26.2 Å². The second kappa shape index (κ2) is 12.7. The van der Waals surface area contributed by atoms with E-state index in [1.54, 1.807) is 25.1 Å². The summed E-state index contributed by atoms with van der Waals surface area (Å²) in [5, 5.41) is 3.13. The summed E-state index contributed by atoms with van der Waals surface area (Å²) in [6.45, 7) is 5.91. The molecular formula is C29H39N3O6S. The molecule has 1 fully saturated rings. The van der Waals surface area contributed by atoms with Crippen LogP contribution in [0.5, 0.6) is 11.5 Å². The van der Waals surface area contributed by atoms with Gasteiger partial charge in [0.1, 0.15) is 25.8 Å². The lowest BCUT2D eigenvalue weighted by Crippen LogP contribution is -2.53. The van der Waals surface area contributed by atoms with Gasteiger partial charge in [0.2, 0.25) is 21.8 Å². The molecule has 1 atom stereocenters. The molecule has 0 saturated heterocycles. The van der Waals surface area contributed by atoms with E-state index >= 15 is 0 Å². The number of carbonyl (C=O) groups excluding carboxylic acids is 2. The van der Waals surface area contributed by atoms with Crippen molar-refractivity contribution in [2.45, 2.75) is 71.5 Å². The third kappa shape index (κ3) is 7.03. The van der Waals surface area contributed by atoms with Crippen molar-refractivity contribution < 1.29 is 27.5 Å². The van der Waals surface area contributed by atoms with Crippen LogP contribution >= 0.6 is 0 Å². The lowest BCUT2D eigenvalue weighted by Gasteiger charge is -2.34. The Morgan fingerprint density at radius 2 is 1.74 bits per heavy atom. The highest BCUT2D eigenvalue weighted by molar-refractivity contribution is 7.92. The zero-order valence-corrected chi connectivity index (χ0v) is 23.8. The van der Waals surface area contributed by atoms with E-state index in [-0.39, 0.29) is 24.2 Å². The second-order valence-corrected chi connectivity index (χ2v) is 12.3. The summed E-state index contributed by atoms with van der Waals surface area (Å²) < 4.78 is 38.8.